The van der Waals surface area contributed by atoms with E-state index >= 15 is 0 Å². The Morgan fingerprint density at radius 2 is 2.22 bits per heavy atom. The molecule has 1 aromatic carbocycles. The van der Waals surface area contributed by atoms with Crippen LogP contribution in [0.25, 0.3) is 0 Å². The molecular formula is C13H11ClF2N4O3. The average Bonchev–Trinajstić information content (AvgIpc) is 2.52. The minimum atomic E-state index is -2.95. The smallest absolute Gasteiger partial charge is 0.387 e. The standard InChI is InChI=1S/C13H11ClF2N4O3/c1-22-10-4-7(2-3-9(10)23-13(15)16)5-17-19-8-6-18-20-12(21)11(8)14/h2-6,13H,1H3,(H2,19,20,21)/b17-5-. The third-order valence-corrected chi connectivity index (χ3v) is 2.97. The summed E-state index contributed by atoms with van der Waals surface area (Å²) in [6, 6.07) is 4.29. The summed E-state index contributed by atoms with van der Waals surface area (Å²) in [5.74, 6) is 0.0413. The van der Waals surface area contributed by atoms with E-state index in [2.05, 4.69) is 25.5 Å². The maximum absolute atomic E-state index is 12.2. The van der Waals surface area contributed by atoms with Crippen molar-refractivity contribution in [1.82, 2.24) is 10.2 Å². The van der Waals surface area contributed by atoms with Gasteiger partial charge in [-0.3, -0.25) is 10.2 Å². The highest BCUT2D eigenvalue weighted by Gasteiger charge is 2.10. The van der Waals surface area contributed by atoms with E-state index in [0.29, 0.717) is 5.56 Å². The molecule has 0 aliphatic heterocycles. The Morgan fingerprint density at radius 1 is 1.43 bits per heavy atom. The van der Waals surface area contributed by atoms with Crippen molar-refractivity contribution >= 4 is 23.5 Å². The summed E-state index contributed by atoms with van der Waals surface area (Å²) in [5.41, 5.74) is 2.76. The van der Waals surface area contributed by atoms with Crippen molar-refractivity contribution in [2.75, 3.05) is 12.5 Å². The first-order valence-electron chi connectivity index (χ1n) is 6.16. The molecule has 0 bridgehead atoms. The maximum Gasteiger partial charge on any atom is 0.387 e. The molecule has 1 heterocycles. The predicted molar refractivity (Wildman–Crippen MR) is 80.7 cm³/mol. The molecule has 23 heavy (non-hydrogen) atoms. The number of aromatic nitrogens is 2. The summed E-state index contributed by atoms with van der Waals surface area (Å²) in [7, 11) is 1.33. The zero-order chi connectivity index (χ0) is 16.8. The van der Waals surface area contributed by atoms with Crippen LogP contribution in [-0.2, 0) is 0 Å². The van der Waals surface area contributed by atoms with Crippen molar-refractivity contribution in [3.05, 3.63) is 45.3 Å². The van der Waals surface area contributed by atoms with Crippen LogP contribution >= 0.6 is 11.6 Å². The van der Waals surface area contributed by atoms with Crippen LogP contribution in [0.4, 0.5) is 14.5 Å². The topological polar surface area (TPSA) is 88.6 Å². The molecule has 7 nitrogen and oxygen atoms in total. The van der Waals surface area contributed by atoms with Gasteiger partial charge in [-0.05, 0) is 23.8 Å². The van der Waals surface area contributed by atoms with Crippen molar-refractivity contribution in [3.63, 3.8) is 0 Å². The van der Waals surface area contributed by atoms with Crippen LogP contribution in [0, 0.1) is 0 Å². The first-order valence-corrected chi connectivity index (χ1v) is 6.54. The third kappa shape index (κ3) is 4.39. The number of nitrogens with one attached hydrogen (secondary N) is 2. The lowest BCUT2D eigenvalue weighted by atomic mass is 10.2. The van der Waals surface area contributed by atoms with E-state index < -0.39 is 12.2 Å². The van der Waals surface area contributed by atoms with Gasteiger partial charge in [0, 0.05) is 0 Å². The largest absolute Gasteiger partial charge is 0.493 e. The lowest BCUT2D eigenvalue weighted by molar-refractivity contribution is -0.0512. The maximum atomic E-state index is 12.2. The second-order valence-corrected chi connectivity index (χ2v) is 4.46. The third-order valence-electron chi connectivity index (χ3n) is 2.60. The average molecular weight is 345 g/mol. The Hall–Kier alpha value is -2.68. The van der Waals surface area contributed by atoms with E-state index in [1.54, 1.807) is 0 Å². The van der Waals surface area contributed by atoms with Crippen molar-refractivity contribution in [3.8, 4) is 11.5 Å². The van der Waals surface area contributed by atoms with E-state index in [4.69, 9.17) is 16.3 Å². The normalized spacial score (nSPS) is 11.0. The van der Waals surface area contributed by atoms with Gasteiger partial charge in [-0.15, -0.1) is 0 Å². The molecule has 1 aromatic heterocycles. The van der Waals surface area contributed by atoms with Crippen molar-refractivity contribution in [2.24, 2.45) is 5.10 Å². The fourth-order valence-electron chi connectivity index (χ4n) is 1.60. The fourth-order valence-corrected chi connectivity index (χ4v) is 1.73. The molecule has 122 valence electrons. The van der Waals surface area contributed by atoms with Gasteiger partial charge in [-0.1, -0.05) is 11.6 Å². The van der Waals surface area contributed by atoms with E-state index in [1.807, 2.05) is 0 Å². The lowest BCUT2D eigenvalue weighted by Gasteiger charge is -2.10. The number of ether oxygens (including phenoxy) is 2. The number of benzene rings is 1. The predicted octanol–water partition coefficient (Wildman–Crippen LogP) is 2.48. The van der Waals surface area contributed by atoms with Crippen molar-refractivity contribution < 1.29 is 18.3 Å². The highest BCUT2D eigenvalue weighted by molar-refractivity contribution is 6.32. The molecule has 0 atom stereocenters. The molecule has 0 saturated heterocycles. The first-order chi connectivity index (χ1) is 11.0. The number of halogens is 3. The van der Waals surface area contributed by atoms with Crippen LogP contribution in [0.5, 0.6) is 11.5 Å². The summed E-state index contributed by atoms with van der Waals surface area (Å²) in [6.07, 6.45) is 2.67. The summed E-state index contributed by atoms with van der Waals surface area (Å²) in [4.78, 5) is 11.2. The number of hydrogen-bond acceptors (Lipinski definition) is 6. The Kier molecular flexibility index (Phi) is 5.47. The molecule has 0 spiro atoms. The molecule has 10 heteroatoms. The van der Waals surface area contributed by atoms with Gasteiger partial charge in [0.2, 0.25) is 0 Å². The SMILES string of the molecule is COc1cc(/C=N\Nc2cn[nH]c(=O)c2Cl)ccc1OC(F)F. The quantitative estimate of drug-likeness (QED) is 0.621. The number of alkyl halides is 2. The number of rotatable bonds is 6. The highest BCUT2D eigenvalue weighted by atomic mass is 35.5. The van der Waals surface area contributed by atoms with E-state index in [0.717, 1.165) is 0 Å². The van der Waals surface area contributed by atoms with Crippen molar-refractivity contribution in [2.45, 2.75) is 6.61 Å². The van der Waals surface area contributed by atoms with Crippen LogP contribution in [0.15, 0.2) is 34.3 Å². The van der Waals surface area contributed by atoms with Gasteiger partial charge < -0.3 is 9.47 Å². The number of hydrazone groups is 1. The van der Waals surface area contributed by atoms with Gasteiger partial charge in [0.25, 0.3) is 5.56 Å². The van der Waals surface area contributed by atoms with Gasteiger partial charge in [0.15, 0.2) is 11.5 Å². The van der Waals surface area contributed by atoms with Gasteiger partial charge in [-0.2, -0.15) is 19.0 Å². The fraction of sp³-hybridized carbons (Fsp3) is 0.154. The molecule has 0 saturated carbocycles. The Balaban J connectivity index is 2.13. The molecule has 0 amide bonds. The van der Waals surface area contributed by atoms with E-state index in [9.17, 15) is 13.6 Å². The van der Waals surface area contributed by atoms with Crippen LogP contribution in [0.2, 0.25) is 5.02 Å². The number of aromatic amines is 1. The molecule has 0 aliphatic rings. The molecule has 2 rings (SSSR count). The Bertz CT molecular complexity index is 767. The summed E-state index contributed by atoms with van der Waals surface area (Å²) in [6.45, 7) is -2.95. The minimum Gasteiger partial charge on any atom is -0.493 e. The monoisotopic (exact) mass is 344 g/mol. The number of nitrogens with zero attached hydrogens (tertiary/aromatic N) is 2. The van der Waals surface area contributed by atoms with E-state index in [1.165, 1.54) is 37.7 Å². The Labute approximate surface area is 133 Å². The minimum absolute atomic E-state index is 0.0876. The second-order valence-electron chi connectivity index (χ2n) is 4.09. The van der Waals surface area contributed by atoms with Gasteiger partial charge in [0.1, 0.15) is 10.7 Å². The number of anilines is 1. The highest BCUT2D eigenvalue weighted by Crippen LogP contribution is 2.28. The zero-order valence-corrected chi connectivity index (χ0v) is 12.5. The van der Waals surface area contributed by atoms with Gasteiger partial charge in [0.05, 0.1) is 19.5 Å². The second kappa shape index (κ2) is 7.54. The van der Waals surface area contributed by atoms with E-state index in [-0.39, 0.29) is 22.2 Å². The number of methoxy groups -OCH3 is 1. The molecule has 0 unspecified atom stereocenters. The van der Waals surface area contributed by atoms with Crippen LogP contribution < -0.4 is 20.5 Å². The number of H-pyrrole nitrogens is 1. The molecule has 0 radical (unpaired) electrons. The molecule has 2 aromatic rings. The van der Waals surface area contributed by atoms with Crippen LogP contribution in [0.3, 0.4) is 0 Å². The van der Waals surface area contributed by atoms with Crippen LogP contribution in [0.1, 0.15) is 5.56 Å². The molecular weight excluding hydrogens is 334 g/mol. The summed E-state index contributed by atoms with van der Waals surface area (Å²) >= 11 is 5.76. The number of hydrogen-bond donors (Lipinski definition) is 2. The first kappa shape index (κ1) is 16.7. The van der Waals surface area contributed by atoms with Crippen LogP contribution in [-0.4, -0.2) is 30.1 Å². The molecule has 2 N–H and O–H groups in total. The zero-order valence-electron chi connectivity index (χ0n) is 11.7. The van der Waals surface area contributed by atoms with Gasteiger partial charge >= 0.3 is 6.61 Å². The lowest BCUT2D eigenvalue weighted by Crippen LogP contribution is -2.10. The summed E-state index contributed by atoms with van der Waals surface area (Å²) < 4.78 is 33.8. The summed E-state index contributed by atoms with van der Waals surface area (Å²) in [5, 5.41) is 9.53. The van der Waals surface area contributed by atoms with Gasteiger partial charge in [-0.25, -0.2) is 5.10 Å². The molecule has 0 aliphatic carbocycles. The molecule has 0 fully saturated rings. The van der Waals surface area contributed by atoms with Crippen molar-refractivity contribution in [1.29, 1.82) is 0 Å². The Morgan fingerprint density at radius 3 is 2.91 bits per heavy atom.